The lowest BCUT2D eigenvalue weighted by Gasteiger charge is -2.07. The summed E-state index contributed by atoms with van der Waals surface area (Å²) in [5.41, 5.74) is 0.606. The number of carbonyl (C=O) groups excluding carboxylic acids is 1. The second kappa shape index (κ2) is 5.18. The molecule has 18 heavy (non-hydrogen) atoms. The summed E-state index contributed by atoms with van der Waals surface area (Å²) in [5.74, 6) is -1.47. The zero-order valence-corrected chi connectivity index (χ0v) is 10.7. The number of benzene rings is 2. The van der Waals surface area contributed by atoms with E-state index in [2.05, 4.69) is 21.2 Å². The SMILES string of the molecule is O=C(Nc1cccc(Br)c1)c1ccc(F)cc1O. The van der Waals surface area contributed by atoms with Crippen LogP contribution in [0.2, 0.25) is 0 Å². The number of nitrogens with one attached hydrogen (secondary N) is 1. The average molecular weight is 310 g/mol. The van der Waals surface area contributed by atoms with Crippen LogP contribution in [-0.2, 0) is 0 Å². The van der Waals surface area contributed by atoms with Crippen molar-refractivity contribution in [3.8, 4) is 5.75 Å². The maximum atomic E-state index is 12.8. The van der Waals surface area contributed by atoms with Crippen molar-refractivity contribution in [1.29, 1.82) is 0 Å². The molecule has 2 aromatic rings. The molecule has 0 bridgehead atoms. The number of amides is 1. The summed E-state index contributed by atoms with van der Waals surface area (Å²) in [7, 11) is 0. The largest absolute Gasteiger partial charge is 0.507 e. The maximum absolute atomic E-state index is 12.8. The van der Waals surface area contributed by atoms with Gasteiger partial charge < -0.3 is 10.4 Å². The lowest BCUT2D eigenvalue weighted by Crippen LogP contribution is -2.12. The molecule has 0 heterocycles. The van der Waals surface area contributed by atoms with Crippen molar-refractivity contribution in [2.45, 2.75) is 0 Å². The van der Waals surface area contributed by atoms with E-state index in [1.54, 1.807) is 18.2 Å². The maximum Gasteiger partial charge on any atom is 0.259 e. The van der Waals surface area contributed by atoms with Gasteiger partial charge in [0.15, 0.2) is 0 Å². The lowest BCUT2D eigenvalue weighted by molar-refractivity contribution is 0.102. The number of phenolic OH excluding ortho intramolecular Hbond substituents is 1. The first-order chi connectivity index (χ1) is 8.56. The molecule has 0 fully saturated rings. The Balaban J connectivity index is 2.22. The van der Waals surface area contributed by atoms with E-state index in [0.717, 1.165) is 16.6 Å². The smallest absolute Gasteiger partial charge is 0.259 e. The van der Waals surface area contributed by atoms with Gasteiger partial charge >= 0.3 is 0 Å². The molecule has 5 heteroatoms. The molecule has 92 valence electrons. The molecule has 2 N–H and O–H groups in total. The first-order valence-electron chi connectivity index (χ1n) is 5.12. The minimum atomic E-state index is -0.591. The van der Waals surface area contributed by atoms with Crippen LogP contribution in [0.15, 0.2) is 46.9 Å². The van der Waals surface area contributed by atoms with Gasteiger partial charge in [-0.1, -0.05) is 22.0 Å². The predicted molar refractivity (Wildman–Crippen MR) is 70.2 cm³/mol. The van der Waals surface area contributed by atoms with Crippen LogP contribution < -0.4 is 5.32 Å². The van der Waals surface area contributed by atoms with Gasteiger partial charge in [-0.15, -0.1) is 0 Å². The van der Waals surface area contributed by atoms with Crippen molar-refractivity contribution >= 4 is 27.5 Å². The Hall–Kier alpha value is -1.88. The quantitative estimate of drug-likeness (QED) is 0.891. The van der Waals surface area contributed by atoms with Crippen molar-refractivity contribution in [3.05, 3.63) is 58.3 Å². The van der Waals surface area contributed by atoms with Crippen molar-refractivity contribution in [1.82, 2.24) is 0 Å². The summed E-state index contributed by atoms with van der Waals surface area (Å²) in [6.07, 6.45) is 0. The van der Waals surface area contributed by atoms with Gasteiger partial charge in [0, 0.05) is 16.2 Å². The molecule has 0 spiro atoms. The van der Waals surface area contributed by atoms with Crippen LogP contribution in [0, 0.1) is 5.82 Å². The van der Waals surface area contributed by atoms with Gasteiger partial charge in [0.25, 0.3) is 5.91 Å². The third-order valence-electron chi connectivity index (χ3n) is 2.29. The van der Waals surface area contributed by atoms with E-state index in [4.69, 9.17) is 0 Å². The van der Waals surface area contributed by atoms with Crippen LogP contribution in [-0.4, -0.2) is 11.0 Å². The molecule has 0 aliphatic carbocycles. The van der Waals surface area contributed by atoms with E-state index >= 15 is 0 Å². The Bertz CT molecular complexity index is 601. The zero-order valence-electron chi connectivity index (χ0n) is 9.15. The van der Waals surface area contributed by atoms with E-state index in [0.29, 0.717) is 5.69 Å². The molecule has 2 rings (SSSR count). The summed E-state index contributed by atoms with van der Waals surface area (Å²) in [6.45, 7) is 0. The highest BCUT2D eigenvalue weighted by atomic mass is 79.9. The molecule has 0 radical (unpaired) electrons. The van der Waals surface area contributed by atoms with Gasteiger partial charge in [0.05, 0.1) is 5.56 Å². The van der Waals surface area contributed by atoms with Crippen LogP contribution in [0.3, 0.4) is 0 Å². The first-order valence-corrected chi connectivity index (χ1v) is 5.91. The van der Waals surface area contributed by atoms with Crippen LogP contribution in [0.1, 0.15) is 10.4 Å². The summed E-state index contributed by atoms with van der Waals surface area (Å²) in [6, 6.07) is 10.3. The summed E-state index contributed by atoms with van der Waals surface area (Å²) in [4.78, 5) is 11.8. The molecule has 0 aliphatic heterocycles. The molecular formula is C13H9BrFNO2. The van der Waals surface area contributed by atoms with Gasteiger partial charge in [-0.2, -0.15) is 0 Å². The molecule has 1 amide bonds. The molecule has 2 aromatic carbocycles. The fourth-order valence-corrected chi connectivity index (χ4v) is 1.86. The number of phenols is 1. The number of aromatic hydroxyl groups is 1. The standard InChI is InChI=1S/C13H9BrFNO2/c14-8-2-1-3-10(6-8)16-13(18)11-5-4-9(15)7-12(11)17/h1-7,17H,(H,16,18). The molecule has 0 aliphatic rings. The number of hydrogen-bond donors (Lipinski definition) is 2. The minimum absolute atomic E-state index is 0.0244. The molecule has 3 nitrogen and oxygen atoms in total. The number of hydrogen-bond acceptors (Lipinski definition) is 2. The molecule has 0 unspecified atom stereocenters. The highest BCUT2D eigenvalue weighted by Gasteiger charge is 2.11. The Morgan fingerprint density at radius 1 is 1.22 bits per heavy atom. The highest BCUT2D eigenvalue weighted by Crippen LogP contribution is 2.21. The summed E-state index contributed by atoms with van der Waals surface area (Å²) < 4.78 is 13.6. The molecule has 0 saturated heterocycles. The Labute approximate surface area is 111 Å². The van der Waals surface area contributed by atoms with Gasteiger partial charge in [0.2, 0.25) is 0 Å². The zero-order chi connectivity index (χ0) is 13.1. The van der Waals surface area contributed by atoms with Crippen molar-refractivity contribution in [2.24, 2.45) is 0 Å². The van der Waals surface area contributed by atoms with Crippen molar-refractivity contribution in [2.75, 3.05) is 5.32 Å². The Morgan fingerprint density at radius 3 is 2.67 bits per heavy atom. The van der Waals surface area contributed by atoms with Crippen molar-refractivity contribution < 1.29 is 14.3 Å². The van der Waals surface area contributed by atoms with E-state index in [9.17, 15) is 14.3 Å². The van der Waals surface area contributed by atoms with Crippen molar-refractivity contribution in [3.63, 3.8) is 0 Å². The number of rotatable bonds is 2. The van der Waals surface area contributed by atoms with Crippen LogP contribution in [0.5, 0.6) is 5.75 Å². The van der Waals surface area contributed by atoms with Crippen LogP contribution in [0.25, 0.3) is 0 Å². The summed E-state index contributed by atoms with van der Waals surface area (Å²) >= 11 is 3.28. The van der Waals surface area contributed by atoms with Crippen LogP contribution >= 0.6 is 15.9 Å². The average Bonchev–Trinajstić information content (AvgIpc) is 2.28. The second-order valence-corrected chi connectivity index (χ2v) is 4.54. The summed E-state index contributed by atoms with van der Waals surface area (Å²) in [5, 5.41) is 12.1. The van der Waals surface area contributed by atoms with E-state index in [-0.39, 0.29) is 11.3 Å². The topological polar surface area (TPSA) is 49.3 Å². The number of anilines is 1. The number of halogens is 2. The Kier molecular flexibility index (Phi) is 3.62. The normalized spacial score (nSPS) is 10.1. The third kappa shape index (κ3) is 2.87. The van der Waals surface area contributed by atoms with Gasteiger partial charge in [-0.25, -0.2) is 4.39 Å². The lowest BCUT2D eigenvalue weighted by atomic mass is 10.2. The monoisotopic (exact) mass is 309 g/mol. The minimum Gasteiger partial charge on any atom is -0.507 e. The third-order valence-corrected chi connectivity index (χ3v) is 2.78. The van der Waals surface area contributed by atoms with E-state index in [1.807, 2.05) is 6.07 Å². The predicted octanol–water partition coefficient (Wildman–Crippen LogP) is 3.55. The highest BCUT2D eigenvalue weighted by molar-refractivity contribution is 9.10. The Morgan fingerprint density at radius 2 is 2.00 bits per heavy atom. The molecule has 0 atom stereocenters. The fourth-order valence-electron chi connectivity index (χ4n) is 1.46. The van der Waals surface area contributed by atoms with E-state index < -0.39 is 11.7 Å². The molecule has 0 saturated carbocycles. The molecular weight excluding hydrogens is 301 g/mol. The van der Waals surface area contributed by atoms with Crippen LogP contribution in [0.4, 0.5) is 10.1 Å². The van der Waals surface area contributed by atoms with E-state index in [1.165, 1.54) is 6.07 Å². The van der Waals surface area contributed by atoms with Gasteiger partial charge in [-0.3, -0.25) is 4.79 Å². The van der Waals surface area contributed by atoms with Gasteiger partial charge in [-0.05, 0) is 30.3 Å². The number of carbonyl (C=O) groups is 1. The fraction of sp³-hybridized carbons (Fsp3) is 0. The van der Waals surface area contributed by atoms with Gasteiger partial charge in [0.1, 0.15) is 11.6 Å². The molecule has 0 aromatic heterocycles. The second-order valence-electron chi connectivity index (χ2n) is 3.63. The first kappa shape index (κ1) is 12.6.